The lowest BCUT2D eigenvalue weighted by molar-refractivity contribution is -0.141. The Balaban J connectivity index is 2.68. The van der Waals surface area contributed by atoms with Gasteiger partial charge in [0, 0.05) is 17.0 Å². The highest BCUT2D eigenvalue weighted by Crippen LogP contribution is 2.31. The Morgan fingerprint density at radius 2 is 2.05 bits per heavy atom. The highest BCUT2D eigenvalue weighted by Gasteiger charge is 2.40. The lowest BCUT2D eigenvalue weighted by Crippen LogP contribution is -2.52. The van der Waals surface area contributed by atoms with E-state index >= 15 is 0 Å². The molecule has 2 unspecified atom stereocenters. The third kappa shape index (κ3) is 3.75. The maximum atomic E-state index is 12.3. The number of hydrogen-bond acceptors (Lipinski definition) is 4. The number of aliphatic carboxylic acids is 1. The zero-order valence-electron chi connectivity index (χ0n) is 12.5. The summed E-state index contributed by atoms with van der Waals surface area (Å²) in [4.78, 5) is 24.9. The SMILES string of the molecule is CCC(CC)(CNC(=O)N1C(C)SCC1C(=O)O)SC. The van der Waals surface area contributed by atoms with Crippen LogP contribution in [0.25, 0.3) is 0 Å². The molecule has 1 aliphatic rings. The second-order valence-corrected chi connectivity index (χ2v) is 7.57. The molecule has 1 saturated heterocycles. The molecule has 2 atom stereocenters. The van der Waals surface area contributed by atoms with E-state index in [-0.39, 0.29) is 16.2 Å². The summed E-state index contributed by atoms with van der Waals surface area (Å²) in [5, 5.41) is 12.0. The van der Waals surface area contributed by atoms with Crippen molar-refractivity contribution in [3.8, 4) is 0 Å². The second-order valence-electron chi connectivity index (χ2n) is 4.95. The molecule has 0 radical (unpaired) electrons. The minimum atomic E-state index is -0.931. The van der Waals surface area contributed by atoms with Crippen LogP contribution in [0, 0.1) is 0 Å². The number of rotatable bonds is 6. The number of nitrogens with one attached hydrogen (secondary N) is 1. The Bertz CT molecular complexity index is 353. The molecule has 1 rings (SSSR count). The van der Waals surface area contributed by atoms with Crippen LogP contribution < -0.4 is 5.32 Å². The van der Waals surface area contributed by atoms with E-state index in [0.717, 1.165) is 12.8 Å². The van der Waals surface area contributed by atoms with Crippen molar-refractivity contribution < 1.29 is 14.7 Å². The number of carboxylic acids is 1. The summed E-state index contributed by atoms with van der Waals surface area (Å²) in [6, 6.07) is -0.989. The highest BCUT2D eigenvalue weighted by atomic mass is 32.2. The molecule has 7 heteroatoms. The van der Waals surface area contributed by atoms with Crippen molar-refractivity contribution in [1.29, 1.82) is 0 Å². The predicted molar refractivity (Wildman–Crippen MR) is 85.4 cm³/mol. The Morgan fingerprint density at radius 1 is 1.45 bits per heavy atom. The van der Waals surface area contributed by atoms with Gasteiger partial charge in [-0.1, -0.05) is 13.8 Å². The van der Waals surface area contributed by atoms with E-state index in [9.17, 15) is 14.7 Å². The molecule has 0 saturated carbocycles. The minimum Gasteiger partial charge on any atom is -0.480 e. The maximum Gasteiger partial charge on any atom is 0.327 e. The fourth-order valence-electron chi connectivity index (χ4n) is 2.33. The average molecular weight is 320 g/mol. The first-order valence-electron chi connectivity index (χ1n) is 6.86. The van der Waals surface area contributed by atoms with E-state index < -0.39 is 12.0 Å². The summed E-state index contributed by atoms with van der Waals surface area (Å²) in [6.45, 7) is 6.66. The monoisotopic (exact) mass is 320 g/mol. The van der Waals surface area contributed by atoms with Crippen molar-refractivity contribution in [1.82, 2.24) is 10.2 Å². The smallest absolute Gasteiger partial charge is 0.327 e. The van der Waals surface area contributed by atoms with Crippen molar-refractivity contribution in [2.24, 2.45) is 0 Å². The van der Waals surface area contributed by atoms with Gasteiger partial charge >= 0.3 is 12.0 Å². The van der Waals surface area contributed by atoms with Crippen LogP contribution in [-0.2, 0) is 4.79 Å². The zero-order chi connectivity index (χ0) is 15.3. The van der Waals surface area contributed by atoms with Gasteiger partial charge in [-0.3, -0.25) is 4.90 Å². The Kier molecular flexibility index (Phi) is 6.51. The normalized spacial score (nSPS) is 22.9. The van der Waals surface area contributed by atoms with Gasteiger partial charge < -0.3 is 10.4 Å². The molecular formula is C13H24N2O3S2. The predicted octanol–water partition coefficient (Wildman–Crippen LogP) is 2.47. The number of amides is 2. The van der Waals surface area contributed by atoms with Crippen molar-refractivity contribution in [3.05, 3.63) is 0 Å². The lowest BCUT2D eigenvalue weighted by Gasteiger charge is -2.32. The third-order valence-corrected chi connectivity index (χ3v) is 6.83. The van der Waals surface area contributed by atoms with Crippen molar-refractivity contribution in [2.75, 3.05) is 18.6 Å². The molecular weight excluding hydrogens is 296 g/mol. The van der Waals surface area contributed by atoms with Crippen molar-refractivity contribution in [3.63, 3.8) is 0 Å². The van der Waals surface area contributed by atoms with Crippen LogP contribution in [0.1, 0.15) is 33.6 Å². The average Bonchev–Trinajstić information content (AvgIpc) is 2.83. The second kappa shape index (κ2) is 7.45. The molecule has 0 aliphatic carbocycles. The van der Waals surface area contributed by atoms with Crippen LogP contribution in [0.2, 0.25) is 0 Å². The standard InChI is InChI=1S/C13H24N2O3S2/c1-5-13(6-2,19-4)8-14-12(18)15-9(3)20-7-10(15)11(16)17/h9-10H,5-8H2,1-4H3,(H,14,18)(H,16,17). The van der Waals surface area contributed by atoms with Gasteiger partial charge in [0.25, 0.3) is 0 Å². The summed E-state index contributed by atoms with van der Waals surface area (Å²) in [7, 11) is 0. The fraction of sp³-hybridized carbons (Fsp3) is 0.846. The number of hydrogen-bond donors (Lipinski definition) is 2. The number of urea groups is 1. The number of carbonyl (C=O) groups excluding carboxylic acids is 1. The Labute approximate surface area is 129 Å². The molecule has 0 bridgehead atoms. The fourth-order valence-corrected chi connectivity index (χ4v) is 4.29. The topological polar surface area (TPSA) is 69.6 Å². The molecule has 2 amide bonds. The molecule has 0 spiro atoms. The van der Waals surface area contributed by atoms with Gasteiger partial charge in [0.15, 0.2) is 0 Å². The van der Waals surface area contributed by atoms with Gasteiger partial charge in [0.2, 0.25) is 0 Å². The summed E-state index contributed by atoms with van der Waals surface area (Å²) >= 11 is 3.25. The van der Waals surface area contributed by atoms with E-state index in [1.54, 1.807) is 11.8 Å². The number of thioether (sulfide) groups is 2. The maximum absolute atomic E-state index is 12.3. The van der Waals surface area contributed by atoms with Gasteiger partial charge in [-0.25, -0.2) is 9.59 Å². The van der Waals surface area contributed by atoms with Crippen LogP contribution in [-0.4, -0.2) is 56.7 Å². The quantitative estimate of drug-likeness (QED) is 0.787. The molecule has 1 fully saturated rings. The third-order valence-electron chi connectivity index (χ3n) is 4.03. The van der Waals surface area contributed by atoms with E-state index in [0.29, 0.717) is 12.3 Å². The molecule has 0 aromatic carbocycles. The first-order chi connectivity index (χ1) is 9.40. The van der Waals surface area contributed by atoms with Crippen LogP contribution in [0.3, 0.4) is 0 Å². The van der Waals surface area contributed by atoms with Gasteiger partial charge in [0.1, 0.15) is 6.04 Å². The first-order valence-corrected chi connectivity index (χ1v) is 9.13. The molecule has 0 aromatic rings. The Morgan fingerprint density at radius 3 is 2.50 bits per heavy atom. The summed E-state index contributed by atoms with van der Waals surface area (Å²) in [5.74, 6) is -0.474. The number of nitrogens with zero attached hydrogens (tertiary/aromatic N) is 1. The van der Waals surface area contributed by atoms with Crippen LogP contribution in [0.5, 0.6) is 0 Å². The molecule has 1 heterocycles. The molecule has 20 heavy (non-hydrogen) atoms. The minimum absolute atomic E-state index is 0.0322. The summed E-state index contributed by atoms with van der Waals surface area (Å²) < 4.78 is 0.0322. The van der Waals surface area contributed by atoms with Crippen LogP contribution in [0.4, 0.5) is 4.79 Å². The van der Waals surface area contributed by atoms with Gasteiger partial charge in [-0.15, -0.1) is 11.8 Å². The van der Waals surface area contributed by atoms with E-state index in [1.807, 2.05) is 13.2 Å². The van der Waals surface area contributed by atoms with Gasteiger partial charge in [-0.05, 0) is 26.0 Å². The van der Waals surface area contributed by atoms with Gasteiger partial charge in [0.05, 0.1) is 5.37 Å². The van der Waals surface area contributed by atoms with Crippen LogP contribution in [0.15, 0.2) is 0 Å². The van der Waals surface area contributed by atoms with Crippen molar-refractivity contribution >= 4 is 35.5 Å². The molecule has 5 nitrogen and oxygen atoms in total. The lowest BCUT2D eigenvalue weighted by atomic mass is 10.0. The van der Waals surface area contributed by atoms with Crippen molar-refractivity contribution in [2.45, 2.75) is 49.8 Å². The van der Waals surface area contributed by atoms with Gasteiger partial charge in [-0.2, -0.15) is 11.8 Å². The summed E-state index contributed by atoms with van der Waals surface area (Å²) in [6.07, 6.45) is 3.99. The molecule has 116 valence electrons. The Hall–Kier alpha value is -0.560. The molecule has 2 N–H and O–H groups in total. The van der Waals surface area contributed by atoms with E-state index in [1.165, 1.54) is 16.7 Å². The molecule has 0 aromatic heterocycles. The largest absolute Gasteiger partial charge is 0.480 e. The van der Waals surface area contributed by atoms with E-state index in [2.05, 4.69) is 19.2 Å². The zero-order valence-corrected chi connectivity index (χ0v) is 14.1. The molecule has 1 aliphatic heterocycles. The number of carbonyl (C=O) groups is 2. The van der Waals surface area contributed by atoms with E-state index in [4.69, 9.17) is 0 Å². The van der Waals surface area contributed by atoms with Crippen LogP contribution >= 0.6 is 23.5 Å². The summed E-state index contributed by atoms with van der Waals surface area (Å²) in [5.41, 5.74) is 0. The number of carboxylic acid groups (broad SMARTS) is 1. The highest BCUT2D eigenvalue weighted by molar-refractivity contribution is 8.00. The first kappa shape index (κ1) is 17.5.